The molecule has 1 aromatic heterocycles. The van der Waals surface area contributed by atoms with Crippen molar-refractivity contribution in [2.45, 2.75) is 185 Å². The molecule has 0 radical (unpaired) electrons. The van der Waals surface area contributed by atoms with Gasteiger partial charge in [-0.05, 0) is 97.3 Å². The summed E-state index contributed by atoms with van der Waals surface area (Å²) >= 11 is 0. The maximum atomic E-state index is 14.1. The molecule has 3 saturated heterocycles. The lowest BCUT2D eigenvalue weighted by Gasteiger charge is -2.50. The molecule has 0 saturated carbocycles. The third-order valence-electron chi connectivity index (χ3n) is 13.8. The van der Waals surface area contributed by atoms with Crippen LogP contribution in [0.25, 0.3) is 17.0 Å². The summed E-state index contributed by atoms with van der Waals surface area (Å²) < 4.78 is 49.8. The van der Waals surface area contributed by atoms with E-state index in [4.69, 9.17) is 37.9 Å². The number of esters is 3. The van der Waals surface area contributed by atoms with Crippen LogP contribution in [0.3, 0.4) is 0 Å². The van der Waals surface area contributed by atoms with Crippen molar-refractivity contribution in [3.05, 3.63) is 48.2 Å². The molecule has 0 aliphatic carbocycles. The Morgan fingerprint density at radius 1 is 0.986 bits per heavy atom. The van der Waals surface area contributed by atoms with Crippen LogP contribution in [0.15, 0.2) is 42.6 Å². The van der Waals surface area contributed by atoms with Crippen LogP contribution in [0.5, 0.6) is 0 Å². The average Bonchev–Trinajstić information content (AvgIpc) is 3.30. The van der Waals surface area contributed by atoms with E-state index in [-0.39, 0.29) is 38.0 Å². The van der Waals surface area contributed by atoms with Gasteiger partial charge in [0.1, 0.15) is 42.4 Å². The fraction of sp³-hybridized carbons (Fsp3) is 0.712. The highest BCUT2D eigenvalue weighted by Gasteiger charge is 2.53. The average molecular weight is 986 g/mol. The molecule has 18 nitrogen and oxygen atoms in total. The molecule has 5 rings (SSSR count). The number of carbonyl (C=O) groups is 4. The zero-order chi connectivity index (χ0) is 51.3. The molecule has 5 unspecified atom stereocenters. The molecular formula is C52H79N3O15. The summed E-state index contributed by atoms with van der Waals surface area (Å²) in [5.41, 5.74) is 0.266. The lowest BCUT2D eigenvalue weighted by atomic mass is 9.82. The number of benzene rings is 1. The van der Waals surface area contributed by atoms with Crippen molar-refractivity contribution in [3.63, 3.8) is 0 Å². The Morgan fingerprint density at radius 3 is 2.37 bits per heavy atom. The zero-order valence-electron chi connectivity index (χ0n) is 42.7. The number of nitrogens with zero attached hydrogens (tertiary/aromatic N) is 3. The molecule has 0 bridgehead atoms. The number of likely N-dealkylation sites (N-methyl/N-ethyl adjacent to an activating group) is 2. The van der Waals surface area contributed by atoms with Crippen LogP contribution in [0.4, 0.5) is 0 Å². The number of rotatable bonds is 15. The summed E-state index contributed by atoms with van der Waals surface area (Å²) in [5, 5.41) is 36.3. The number of hydrogen-bond donors (Lipinski definition) is 3. The van der Waals surface area contributed by atoms with Crippen LogP contribution in [-0.4, -0.2) is 181 Å². The fourth-order valence-electron chi connectivity index (χ4n) is 9.97. The van der Waals surface area contributed by atoms with Crippen molar-refractivity contribution in [2.24, 2.45) is 11.8 Å². The summed E-state index contributed by atoms with van der Waals surface area (Å²) in [5.74, 6) is -2.81. The third kappa shape index (κ3) is 15.5. The minimum atomic E-state index is -1.50. The summed E-state index contributed by atoms with van der Waals surface area (Å²) in [6, 6.07) is 9.07. The molecule has 4 heterocycles. The van der Waals surface area contributed by atoms with Gasteiger partial charge in [-0.3, -0.25) is 19.4 Å². The quantitative estimate of drug-likeness (QED) is 0.126. The van der Waals surface area contributed by atoms with Gasteiger partial charge in [-0.25, -0.2) is 0 Å². The molecule has 70 heavy (non-hydrogen) atoms. The van der Waals surface area contributed by atoms with E-state index in [0.29, 0.717) is 32.4 Å². The van der Waals surface area contributed by atoms with Crippen molar-refractivity contribution in [1.29, 1.82) is 0 Å². The minimum absolute atomic E-state index is 0.0175. The van der Waals surface area contributed by atoms with E-state index in [9.17, 15) is 34.5 Å². The lowest BCUT2D eigenvalue weighted by Crippen LogP contribution is -2.66. The first-order valence-corrected chi connectivity index (χ1v) is 24.9. The Bertz CT molecular complexity index is 2020. The number of cyclic esters (lactones) is 1. The van der Waals surface area contributed by atoms with Crippen LogP contribution in [-0.2, 0) is 57.1 Å². The molecule has 18 heteroatoms. The monoisotopic (exact) mass is 986 g/mol. The van der Waals surface area contributed by atoms with Gasteiger partial charge in [0.05, 0.1) is 42.4 Å². The van der Waals surface area contributed by atoms with E-state index in [0.717, 1.165) is 22.8 Å². The number of ether oxygens (including phenoxy) is 8. The summed E-state index contributed by atoms with van der Waals surface area (Å²) in [6.45, 7) is 11.1. The van der Waals surface area contributed by atoms with E-state index in [2.05, 4.69) is 4.98 Å². The molecule has 3 fully saturated rings. The molecule has 1 aromatic carbocycles. The van der Waals surface area contributed by atoms with Gasteiger partial charge in [0, 0.05) is 57.3 Å². The van der Waals surface area contributed by atoms with Gasteiger partial charge in [0.2, 0.25) is 0 Å². The third-order valence-corrected chi connectivity index (χ3v) is 13.8. The maximum absolute atomic E-state index is 14.1. The van der Waals surface area contributed by atoms with E-state index in [1.807, 2.05) is 61.4 Å². The number of aliphatic hydroxyl groups is 3. The van der Waals surface area contributed by atoms with E-state index in [1.54, 1.807) is 59.8 Å². The Kier molecular flexibility index (Phi) is 21.7. The second-order valence-electron chi connectivity index (χ2n) is 19.8. The number of carbonyl (C=O) groups excluding carboxylic acids is 4. The lowest BCUT2D eigenvalue weighted by molar-refractivity contribution is -0.344. The van der Waals surface area contributed by atoms with Crippen molar-refractivity contribution in [3.8, 4) is 0 Å². The number of fused-ring (bicyclic) bond motifs is 1. The standard InChI is InChI=1S/C52H79N3O15/c1-11-41(58)67-40-27-43(60)66-37(19-15-17-34-26-35-18-13-14-21-38(35)53-29-34)20-16-23-55(9)30-39(57)31(3)25-36(22-24-56)48(49(40)63-10)70-51-46(61)45(54(7)8)47(32(4)65-51)69-44-28-52(6,62)50(33(5)64-44)68-42(59)12-2/h13-15,17-18,21,24,26,29,31-33,36-37,39-40,44-51,57,61-62H,11-12,16,19-20,22-23,25,27-28,30H2,1-10H3/b17-15+/t31-,32?,33?,36+,37+,39+,40-,44+,45?,46?,47-,48+,49+,50+,51+,52?/m1/s1. The first kappa shape index (κ1) is 57.0. The van der Waals surface area contributed by atoms with Crippen LogP contribution in [0.1, 0.15) is 105 Å². The molecule has 3 N–H and O–H groups in total. The number of β-amino-alcohol motifs (C(OH)–C–C–N with tert-alkyl or cyclic N) is 1. The van der Waals surface area contributed by atoms with Crippen molar-refractivity contribution in [1.82, 2.24) is 14.8 Å². The highest BCUT2D eigenvalue weighted by atomic mass is 16.7. The predicted octanol–water partition coefficient (Wildman–Crippen LogP) is 4.61. The predicted molar refractivity (Wildman–Crippen MR) is 259 cm³/mol. The first-order chi connectivity index (χ1) is 33.3. The number of aromatic nitrogens is 1. The SMILES string of the molecule is CCC(=O)O[C@@H]1CC(=O)O[C@@H](C/C=C/c2cnc3ccccc3c2)CCCN(C)C[C@H](O)[C@H](C)C[C@H](CC=O)[C@H](O[C@@H]2OC(C)[C@@H](O[C@H]3CC(C)(O)[C@@H](OC(=O)CC)C(C)O3)C(N(C)C)C2O)[C@H]1OC. The van der Waals surface area contributed by atoms with Gasteiger partial charge in [-0.2, -0.15) is 0 Å². The Labute approximate surface area is 413 Å². The fourth-order valence-corrected chi connectivity index (χ4v) is 9.97. The molecule has 0 amide bonds. The highest BCUT2D eigenvalue weighted by Crippen LogP contribution is 2.38. The Balaban J connectivity index is 1.44. The van der Waals surface area contributed by atoms with Gasteiger partial charge >= 0.3 is 17.9 Å². The normalized spacial score (nSPS) is 35.6. The van der Waals surface area contributed by atoms with Gasteiger partial charge in [0.25, 0.3) is 0 Å². The van der Waals surface area contributed by atoms with Gasteiger partial charge < -0.3 is 67.8 Å². The van der Waals surface area contributed by atoms with Crippen LogP contribution in [0.2, 0.25) is 0 Å². The zero-order valence-corrected chi connectivity index (χ0v) is 42.7. The molecule has 3 aliphatic heterocycles. The van der Waals surface area contributed by atoms with Crippen LogP contribution >= 0.6 is 0 Å². The minimum Gasteiger partial charge on any atom is -0.462 e. The number of para-hydroxylation sites is 1. The van der Waals surface area contributed by atoms with E-state index >= 15 is 0 Å². The van der Waals surface area contributed by atoms with Crippen molar-refractivity contribution in [2.75, 3.05) is 41.3 Å². The maximum Gasteiger partial charge on any atom is 0.309 e. The summed E-state index contributed by atoms with van der Waals surface area (Å²) in [4.78, 5) is 60.5. The van der Waals surface area contributed by atoms with Crippen LogP contribution < -0.4 is 0 Å². The number of aliphatic hydroxyl groups excluding tert-OH is 2. The molecule has 0 spiro atoms. The number of methoxy groups -OCH3 is 1. The second kappa shape index (κ2) is 26.7. The molecular weight excluding hydrogens is 907 g/mol. The first-order valence-electron chi connectivity index (χ1n) is 24.9. The van der Waals surface area contributed by atoms with Gasteiger partial charge in [-0.1, -0.05) is 51.1 Å². The van der Waals surface area contributed by atoms with Crippen LogP contribution in [0, 0.1) is 11.8 Å². The molecule has 392 valence electrons. The van der Waals surface area contributed by atoms with Crippen molar-refractivity contribution < 1.29 is 72.4 Å². The number of pyridine rings is 1. The second-order valence-corrected chi connectivity index (χ2v) is 19.8. The van der Waals surface area contributed by atoms with Crippen molar-refractivity contribution >= 4 is 41.2 Å². The molecule has 2 aromatic rings. The van der Waals surface area contributed by atoms with E-state index in [1.165, 1.54) is 7.11 Å². The Hall–Kier alpha value is -3.95. The van der Waals surface area contributed by atoms with Gasteiger partial charge in [-0.15, -0.1) is 0 Å². The summed E-state index contributed by atoms with van der Waals surface area (Å²) in [7, 11) is 6.82. The molecule has 16 atom stereocenters. The molecule has 3 aliphatic rings. The number of aldehydes is 1. The number of hydrogen-bond acceptors (Lipinski definition) is 18. The smallest absolute Gasteiger partial charge is 0.309 e. The highest BCUT2D eigenvalue weighted by molar-refractivity contribution is 5.80. The largest absolute Gasteiger partial charge is 0.462 e. The summed E-state index contributed by atoms with van der Waals surface area (Å²) in [6.07, 6.45) is -4.34. The Morgan fingerprint density at radius 2 is 1.70 bits per heavy atom. The van der Waals surface area contributed by atoms with E-state index < -0.39 is 116 Å². The topological polar surface area (TPSA) is 222 Å². The van der Waals surface area contributed by atoms with Gasteiger partial charge in [0.15, 0.2) is 18.7 Å².